The lowest BCUT2D eigenvalue weighted by Gasteiger charge is -2.21. The number of H-pyrrole nitrogens is 1. The van der Waals surface area contributed by atoms with Crippen LogP contribution in [0, 0.1) is 0 Å². The molecule has 1 aliphatic rings. The van der Waals surface area contributed by atoms with Gasteiger partial charge in [-0.2, -0.15) is 0 Å². The SMILES string of the molecule is COc1cc(CNCCCCl)cc2[nH]c(=O)c3c(c12)NCCC3. The summed E-state index contributed by atoms with van der Waals surface area (Å²) in [5, 5.41) is 7.68. The van der Waals surface area contributed by atoms with Crippen LogP contribution in [0.15, 0.2) is 16.9 Å². The van der Waals surface area contributed by atoms with E-state index in [1.54, 1.807) is 7.11 Å². The van der Waals surface area contributed by atoms with Gasteiger partial charge in [-0.3, -0.25) is 4.79 Å². The van der Waals surface area contributed by atoms with Crippen LogP contribution in [0.2, 0.25) is 0 Å². The van der Waals surface area contributed by atoms with E-state index in [1.165, 1.54) is 0 Å². The number of pyridine rings is 1. The van der Waals surface area contributed by atoms with E-state index >= 15 is 0 Å². The van der Waals surface area contributed by atoms with Crippen molar-refractivity contribution in [2.45, 2.75) is 25.8 Å². The number of aromatic amines is 1. The molecule has 0 aliphatic carbocycles. The summed E-state index contributed by atoms with van der Waals surface area (Å²) in [6, 6.07) is 4.05. The number of hydrogen-bond donors (Lipinski definition) is 3. The molecular weight excluding hydrogens is 314 g/mol. The summed E-state index contributed by atoms with van der Waals surface area (Å²) in [6.07, 6.45) is 2.71. The number of alkyl halides is 1. The molecule has 1 aromatic carbocycles. The third-order valence-corrected chi connectivity index (χ3v) is 4.44. The fourth-order valence-corrected chi connectivity index (χ4v) is 3.22. The number of rotatable bonds is 6. The molecule has 3 N–H and O–H groups in total. The Hall–Kier alpha value is -1.72. The van der Waals surface area contributed by atoms with Gasteiger partial charge in [0.25, 0.3) is 5.56 Å². The van der Waals surface area contributed by atoms with Crippen LogP contribution in [0.3, 0.4) is 0 Å². The highest BCUT2D eigenvalue weighted by Crippen LogP contribution is 2.35. The van der Waals surface area contributed by atoms with E-state index < -0.39 is 0 Å². The molecular formula is C17H22ClN3O2. The van der Waals surface area contributed by atoms with Gasteiger partial charge >= 0.3 is 0 Å². The average molecular weight is 336 g/mol. The summed E-state index contributed by atoms with van der Waals surface area (Å²) in [6.45, 7) is 2.47. The number of fused-ring (bicyclic) bond motifs is 3. The molecule has 3 rings (SSSR count). The number of aromatic nitrogens is 1. The predicted molar refractivity (Wildman–Crippen MR) is 95.0 cm³/mol. The van der Waals surface area contributed by atoms with Crippen LogP contribution < -0.4 is 20.9 Å². The van der Waals surface area contributed by atoms with E-state index in [1.807, 2.05) is 12.1 Å². The van der Waals surface area contributed by atoms with Gasteiger partial charge in [-0.05, 0) is 43.5 Å². The molecule has 0 saturated carbocycles. The number of methoxy groups -OCH3 is 1. The van der Waals surface area contributed by atoms with E-state index in [9.17, 15) is 4.79 Å². The van der Waals surface area contributed by atoms with Crippen LogP contribution >= 0.6 is 11.6 Å². The van der Waals surface area contributed by atoms with Gasteiger partial charge in [0, 0.05) is 24.5 Å². The highest BCUT2D eigenvalue weighted by molar-refractivity contribution is 6.17. The maximum atomic E-state index is 12.3. The monoisotopic (exact) mass is 335 g/mol. The van der Waals surface area contributed by atoms with E-state index in [2.05, 4.69) is 15.6 Å². The Balaban J connectivity index is 2.03. The standard InChI is InChI=1S/C17H22ClN3O2/c1-23-14-9-11(10-19-6-3-5-18)8-13-15(14)16-12(17(22)21-13)4-2-7-20-16/h8-9,19-20H,2-7,10H2,1H3,(H,21,22). The second-order valence-electron chi connectivity index (χ2n) is 5.78. The molecule has 0 spiro atoms. The number of halogens is 1. The average Bonchev–Trinajstić information content (AvgIpc) is 2.58. The Morgan fingerprint density at radius 3 is 3.04 bits per heavy atom. The van der Waals surface area contributed by atoms with E-state index in [4.69, 9.17) is 16.3 Å². The zero-order chi connectivity index (χ0) is 16.2. The van der Waals surface area contributed by atoms with Gasteiger partial charge in [0.2, 0.25) is 0 Å². The maximum Gasteiger partial charge on any atom is 0.253 e. The summed E-state index contributed by atoms with van der Waals surface area (Å²) >= 11 is 5.69. The summed E-state index contributed by atoms with van der Waals surface area (Å²) in [5.74, 6) is 1.44. The number of anilines is 1. The van der Waals surface area contributed by atoms with E-state index in [0.29, 0.717) is 5.88 Å². The summed E-state index contributed by atoms with van der Waals surface area (Å²) in [5.41, 5.74) is 3.64. The number of nitrogens with one attached hydrogen (secondary N) is 3. The quantitative estimate of drug-likeness (QED) is 0.561. The molecule has 5 nitrogen and oxygen atoms in total. The highest BCUT2D eigenvalue weighted by atomic mass is 35.5. The van der Waals surface area contributed by atoms with Gasteiger partial charge < -0.3 is 20.4 Å². The van der Waals surface area contributed by atoms with E-state index in [0.717, 1.165) is 72.4 Å². The Bertz CT molecular complexity index is 758. The molecule has 6 heteroatoms. The third-order valence-electron chi connectivity index (χ3n) is 4.18. The van der Waals surface area contributed by atoms with Gasteiger partial charge in [-0.25, -0.2) is 0 Å². The smallest absolute Gasteiger partial charge is 0.253 e. The molecule has 0 fully saturated rings. The third kappa shape index (κ3) is 3.31. The van der Waals surface area contributed by atoms with Crippen molar-refractivity contribution in [2.75, 3.05) is 31.4 Å². The van der Waals surface area contributed by atoms with Crippen molar-refractivity contribution in [2.24, 2.45) is 0 Å². The molecule has 1 aliphatic heterocycles. The van der Waals surface area contributed by atoms with Gasteiger partial charge in [0.05, 0.1) is 23.7 Å². The van der Waals surface area contributed by atoms with Crippen molar-refractivity contribution < 1.29 is 4.74 Å². The molecule has 0 atom stereocenters. The Morgan fingerprint density at radius 1 is 1.39 bits per heavy atom. The molecule has 0 saturated heterocycles. The fraction of sp³-hybridized carbons (Fsp3) is 0.471. The minimum atomic E-state index is -0.00555. The zero-order valence-electron chi connectivity index (χ0n) is 13.3. The normalized spacial score (nSPS) is 13.7. The van der Waals surface area contributed by atoms with E-state index in [-0.39, 0.29) is 5.56 Å². The molecule has 124 valence electrons. The molecule has 2 heterocycles. The molecule has 0 bridgehead atoms. The van der Waals surface area contributed by atoms with Crippen LogP contribution in [0.4, 0.5) is 5.69 Å². The minimum absolute atomic E-state index is 0.00555. The molecule has 23 heavy (non-hydrogen) atoms. The Labute approximate surface area is 140 Å². The first-order valence-electron chi connectivity index (χ1n) is 8.01. The van der Waals surface area contributed by atoms with Crippen LogP contribution in [-0.4, -0.2) is 31.1 Å². The molecule has 1 aromatic heterocycles. The van der Waals surface area contributed by atoms with Crippen LogP contribution in [0.1, 0.15) is 24.0 Å². The minimum Gasteiger partial charge on any atom is -0.496 e. The molecule has 0 radical (unpaired) electrons. The lowest BCUT2D eigenvalue weighted by atomic mass is 10.00. The fourth-order valence-electron chi connectivity index (χ4n) is 3.09. The maximum absolute atomic E-state index is 12.3. The topological polar surface area (TPSA) is 66.1 Å². The summed E-state index contributed by atoms with van der Waals surface area (Å²) < 4.78 is 5.59. The number of hydrogen-bond acceptors (Lipinski definition) is 4. The first-order chi connectivity index (χ1) is 11.2. The molecule has 0 amide bonds. The summed E-state index contributed by atoms with van der Waals surface area (Å²) in [4.78, 5) is 15.3. The lowest BCUT2D eigenvalue weighted by molar-refractivity contribution is 0.419. The Kier molecular flexibility index (Phi) is 5.08. The van der Waals surface area contributed by atoms with Crippen LogP contribution in [-0.2, 0) is 13.0 Å². The van der Waals surface area contributed by atoms with Crippen molar-refractivity contribution >= 4 is 28.2 Å². The summed E-state index contributed by atoms with van der Waals surface area (Å²) in [7, 11) is 1.67. The van der Waals surface area contributed by atoms with Crippen molar-refractivity contribution in [3.63, 3.8) is 0 Å². The van der Waals surface area contributed by atoms with Gasteiger partial charge in [0.15, 0.2) is 0 Å². The van der Waals surface area contributed by atoms with Crippen molar-refractivity contribution in [1.29, 1.82) is 0 Å². The molecule has 2 aromatic rings. The number of benzene rings is 1. The second-order valence-corrected chi connectivity index (χ2v) is 6.16. The van der Waals surface area contributed by atoms with Crippen LogP contribution in [0.25, 0.3) is 10.9 Å². The lowest BCUT2D eigenvalue weighted by Crippen LogP contribution is -2.22. The second kappa shape index (κ2) is 7.23. The zero-order valence-corrected chi connectivity index (χ0v) is 14.1. The van der Waals surface area contributed by atoms with Crippen molar-refractivity contribution in [1.82, 2.24) is 10.3 Å². The largest absolute Gasteiger partial charge is 0.496 e. The van der Waals surface area contributed by atoms with Gasteiger partial charge in [-0.1, -0.05) is 0 Å². The van der Waals surface area contributed by atoms with Crippen LogP contribution in [0.5, 0.6) is 5.75 Å². The predicted octanol–water partition coefficient (Wildman–Crippen LogP) is 2.61. The van der Waals surface area contributed by atoms with Crippen molar-refractivity contribution in [3.8, 4) is 5.75 Å². The van der Waals surface area contributed by atoms with Gasteiger partial charge in [-0.15, -0.1) is 11.6 Å². The first kappa shape index (κ1) is 16.1. The highest BCUT2D eigenvalue weighted by Gasteiger charge is 2.19. The first-order valence-corrected chi connectivity index (χ1v) is 8.54. The Morgan fingerprint density at radius 2 is 2.26 bits per heavy atom. The molecule has 0 unspecified atom stereocenters. The van der Waals surface area contributed by atoms with Gasteiger partial charge in [0.1, 0.15) is 5.75 Å². The number of ether oxygens (including phenoxy) is 1. The van der Waals surface area contributed by atoms with Crippen molar-refractivity contribution in [3.05, 3.63) is 33.6 Å².